The van der Waals surface area contributed by atoms with Crippen LogP contribution < -0.4 is 19.5 Å². The quantitative estimate of drug-likeness (QED) is 0.195. The molecule has 0 fully saturated rings. The van der Waals surface area contributed by atoms with Crippen molar-refractivity contribution in [2.24, 2.45) is 0 Å². The molecular weight excluding hydrogens is 474 g/mol. The standard InChI is InChI=1S/C29H33NO7/c1-20(32)36-27-10-8-23(14-24(27)16-31)26(33)15-30-12-11-21-7-9-28-29(13-21)37-25(19-35-28)18-34-17-22-5-3-2-4-6-22/h2-10,13-14,25-26,30-31,33H,11-12,15-19H2,1H3/t25-,26+/m1/s1. The Hall–Kier alpha value is -3.43. The van der Waals surface area contributed by atoms with Gasteiger partial charge in [-0.05, 0) is 53.9 Å². The lowest BCUT2D eigenvalue weighted by molar-refractivity contribution is -0.131. The first-order valence-corrected chi connectivity index (χ1v) is 12.4. The van der Waals surface area contributed by atoms with Gasteiger partial charge >= 0.3 is 5.97 Å². The summed E-state index contributed by atoms with van der Waals surface area (Å²) in [6.07, 6.45) is -0.199. The van der Waals surface area contributed by atoms with Crippen LogP contribution >= 0.6 is 0 Å². The van der Waals surface area contributed by atoms with Crippen molar-refractivity contribution in [2.75, 3.05) is 26.3 Å². The predicted octanol–water partition coefficient (Wildman–Crippen LogP) is 3.33. The molecule has 3 N–H and O–H groups in total. The molecule has 2 atom stereocenters. The monoisotopic (exact) mass is 507 g/mol. The third-order valence-electron chi connectivity index (χ3n) is 5.96. The van der Waals surface area contributed by atoms with Gasteiger partial charge in [0.25, 0.3) is 0 Å². The summed E-state index contributed by atoms with van der Waals surface area (Å²) in [5, 5.41) is 23.4. The Bertz CT molecular complexity index is 1170. The molecule has 1 aliphatic heterocycles. The fraction of sp³-hybridized carbons (Fsp3) is 0.345. The van der Waals surface area contributed by atoms with E-state index in [0.717, 1.165) is 23.3 Å². The molecular formula is C29H33NO7. The van der Waals surface area contributed by atoms with Gasteiger partial charge in [0.15, 0.2) is 17.6 Å². The van der Waals surface area contributed by atoms with Gasteiger partial charge in [-0.1, -0.05) is 42.5 Å². The molecule has 0 saturated heterocycles. The van der Waals surface area contributed by atoms with Crippen molar-refractivity contribution in [3.05, 3.63) is 89.0 Å². The number of fused-ring (bicyclic) bond motifs is 1. The van der Waals surface area contributed by atoms with Crippen LogP contribution in [-0.2, 0) is 29.2 Å². The van der Waals surface area contributed by atoms with E-state index in [-0.39, 0.29) is 12.7 Å². The maximum absolute atomic E-state index is 11.2. The Morgan fingerprint density at radius 3 is 2.70 bits per heavy atom. The molecule has 0 saturated carbocycles. The number of ether oxygens (including phenoxy) is 4. The minimum Gasteiger partial charge on any atom is -0.486 e. The molecule has 4 rings (SSSR count). The Morgan fingerprint density at radius 1 is 1.08 bits per heavy atom. The fourth-order valence-electron chi connectivity index (χ4n) is 4.05. The summed E-state index contributed by atoms with van der Waals surface area (Å²) < 4.78 is 22.8. The second kappa shape index (κ2) is 13.2. The van der Waals surface area contributed by atoms with Gasteiger partial charge in [0.2, 0.25) is 0 Å². The SMILES string of the molecule is CC(=O)Oc1ccc([C@@H](O)CNCCc2ccc3c(c2)O[C@H](COCc2ccccc2)CO3)cc1CO. The zero-order valence-electron chi connectivity index (χ0n) is 20.9. The first-order valence-electron chi connectivity index (χ1n) is 12.4. The number of carbonyl (C=O) groups excluding carboxylic acids is 1. The van der Waals surface area contributed by atoms with E-state index in [9.17, 15) is 15.0 Å². The van der Waals surface area contributed by atoms with Crippen molar-refractivity contribution in [1.82, 2.24) is 5.32 Å². The molecule has 3 aromatic rings. The second-order valence-corrected chi connectivity index (χ2v) is 8.92. The van der Waals surface area contributed by atoms with Crippen molar-refractivity contribution in [3.8, 4) is 17.2 Å². The number of esters is 1. The van der Waals surface area contributed by atoms with Gasteiger partial charge in [-0.15, -0.1) is 0 Å². The number of aliphatic hydroxyl groups is 2. The molecule has 3 aromatic carbocycles. The van der Waals surface area contributed by atoms with Crippen molar-refractivity contribution >= 4 is 5.97 Å². The highest BCUT2D eigenvalue weighted by atomic mass is 16.6. The number of hydrogen-bond donors (Lipinski definition) is 3. The van der Waals surface area contributed by atoms with Gasteiger partial charge in [-0.2, -0.15) is 0 Å². The number of benzene rings is 3. The highest BCUT2D eigenvalue weighted by molar-refractivity contribution is 5.69. The molecule has 0 aromatic heterocycles. The summed E-state index contributed by atoms with van der Waals surface area (Å²) in [6, 6.07) is 20.8. The van der Waals surface area contributed by atoms with E-state index in [1.165, 1.54) is 6.92 Å². The summed E-state index contributed by atoms with van der Waals surface area (Å²) in [6.45, 7) is 3.42. The van der Waals surface area contributed by atoms with Crippen LogP contribution in [0.1, 0.15) is 35.3 Å². The van der Waals surface area contributed by atoms with Gasteiger partial charge in [0, 0.05) is 19.0 Å². The average molecular weight is 508 g/mol. The highest BCUT2D eigenvalue weighted by Gasteiger charge is 2.21. The van der Waals surface area contributed by atoms with E-state index < -0.39 is 12.1 Å². The molecule has 8 heteroatoms. The van der Waals surface area contributed by atoms with Crippen molar-refractivity contribution in [3.63, 3.8) is 0 Å². The zero-order chi connectivity index (χ0) is 26.0. The Kier molecular flexibility index (Phi) is 9.51. The van der Waals surface area contributed by atoms with E-state index in [1.807, 2.05) is 48.5 Å². The summed E-state index contributed by atoms with van der Waals surface area (Å²) >= 11 is 0. The lowest BCUT2D eigenvalue weighted by atomic mass is 10.0. The van der Waals surface area contributed by atoms with Gasteiger partial charge < -0.3 is 34.5 Å². The van der Waals surface area contributed by atoms with Gasteiger partial charge in [0.05, 0.1) is 25.9 Å². The molecule has 1 heterocycles. The van der Waals surface area contributed by atoms with E-state index in [1.54, 1.807) is 18.2 Å². The maximum Gasteiger partial charge on any atom is 0.308 e. The maximum atomic E-state index is 11.2. The number of rotatable bonds is 12. The normalized spacial score (nSPS) is 15.3. The first-order chi connectivity index (χ1) is 18.0. The van der Waals surface area contributed by atoms with E-state index in [2.05, 4.69) is 5.32 Å². The van der Waals surface area contributed by atoms with E-state index >= 15 is 0 Å². The number of carbonyl (C=O) groups is 1. The lowest BCUT2D eigenvalue weighted by Gasteiger charge is -2.27. The summed E-state index contributed by atoms with van der Waals surface area (Å²) in [7, 11) is 0. The molecule has 0 amide bonds. The molecule has 0 unspecified atom stereocenters. The summed E-state index contributed by atoms with van der Waals surface area (Å²) in [5.74, 6) is 1.27. The van der Waals surface area contributed by atoms with Crippen LogP contribution in [0.25, 0.3) is 0 Å². The molecule has 0 radical (unpaired) electrons. The van der Waals surface area contributed by atoms with Crippen LogP contribution in [0.2, 0.25) is 0 Å². The van der Waals surface area contributed by atoms with Crippen molar-refractivity contribution < 1.29 is 34.0 Å². The van der Waals surface area contributed by atoms with Gasteiger partial charge in [-0.25, -0.2) is 0 Å². The van der Waals surface area contributed by atoms with Crippen LogP contribution in [0.5, 0.6) is 17.2 Å². The smallest absolute Gasteiger partial charge is 0.308 e. The van der Waals surface area contributed by atoms with Crippen LogP contribution in [0.15, 0.2) is 66.7 Å². The number of aliphatic hydroxyl groups excluding tert-OH is 2. The third kappa shape index (κ3) is 7.77. The summed E-state index contributed by atoms with van der Waals surface area (Å²) in [4.78, 5) is 11.2. The molecule has 8 nitrogen and oxygen atoms in total. The number of hydrogen-bond acceptors (Lipinski definition) is 8. The van der Waals surface area contributed by atoms with E-state index in [0.29, 0.717) is 55.5 Å². The van der Waals surface area contributed by atoms with Gasteiger partial charge in [0.1, 0.15) is 12.4 Å². The molecule has 196 valence electrons. The fourth-order valence-corrected chi connectivity index (χ4v) is 4.05. The zero-order valence-corrected chi connectivity index (χ0v) is 20.9. The molecule has 0 bridgehead atoms. The van der Waals surface area contributed by atoms with Gasteiger partial charge in [-0.3, -0.25) is 4.79 Å². The Balaban J connectivity index is 1.22. The van der Waals surface area contributed by atoms with Crippen molar-refractivity contribution in [1.29, 1.82) is 0 Å². The molecule has 0 spiro atoms. The Morgan fingerprint density at radius 2 is 1.92 bits per heavy atom. The largest absolute Gasteiger partial charge is 0.486 e. The Labute approximate surface area is 216 Å². The van der Waals surface area contributed by atoms with Crippen LogP contribution in [0.4, 0.5) is 0 Å². The predicted molar refractivity (Wildman–Crippen MR) is 138 cm³/mol. The van der Waals surface area contributed by atoms with E-state index in [4.69, 9.17) is 18.9 Å². The third-order valence-corrected chi connectivity index (χ3v) is 5.96. The average Bonchev–Trinajstić information content (AvgIpc) is 2.91. The van der Waals surface area contributed by atoms with Crippen LogP contribution in [0.3, 0.4) is 0 Å². The molecule has 37 heavy (non-hydrogen) atoms. The van der Waals surface area contributed by atoms with Crippen LogP contribution in [-0.4, -0.2) is 48.6 Å². The van der Waals surface area contributed by atoms with Crippen molar-refractivity contribution in [2.45, 2.75) is 38.8 Å². The number of nitrogens with one attached hydrogen (secondary N) is 1. The second-order valence-electron chi connectivity index (χ2n) is 8.92. The summed E-state index contributed by atoms with van der Waals surface area (Å²) in [5.41, 5.74) is 3.29. The first kappa shape index (κ1) is 26.6. The van der Waals surface area contributed by atoms with Crippen LogP contribution in [0, 0.1) is 0 Å². The molecule has 1 aliphatic rings. The molecule has 0 aliphatic carbocycles. The highest BCUT2D eigenvalue weighted by Crippen LogP contribution is 2.33. The minimum absolute atomic E-state index is 0.171. The lowest BCUT2D eigenvalue weighted by Crippen LogP contribution is -2.33. The minimum atomic E-state index is -0.770. The topological polar surface area (TPSA) is 106 Å².